The molecule has 0 heterocycles. The molecule has 0 radical (unpaired) electrons. The van der Waals surface area contributed by atoms with E-state index in [0.717, 1.165) is 6.07 Å². The van der Waals surface area contributed by atoms with E-state index in [1.165, 1.54) is 12.1 Å². The van der Waals surface area contributed by atoms with Crippen molar-refractivity contribution in [3.05, 3.63) is 33.8 Å². The summed E-state index contributed by atoms with van der Waals surface area (Å²) >= 11 is 2.83. The smallest absolute Gasteiger partial charge is 0.384 e. The highest BCUT2D eigenvalue weighted by Gasteiger charge is 2.33. The molecule has 112 valence electrons. The third-order valence-corrected chi connectivity index (χ3v) is 3.29. The van der Waals surface area contributed by atoms with Crippen LogP contribution in [0.1, 0.15) is 22.8 Å². The predicted molar refractivity (Wildman–Crippen MR) is 72.5 cm³/mol. The fourth-order valence-corrected chi connectivity index (χ4v) is 2.07. The fraction of sp³-hybridized carbons (Fsp3) is 0.462. The molecule has 0 aliphatic heterocycles. The fourth-order valence-electron chi connectivity index (χ4n) is 1.60. The lowest BCUT2D eigenvalue weighted by Crippen LogP contribution is -2.30. The largest absolute Gasteiger partial charge is 0.417 e. The van der Waals surface area contributed by atoms with Gasteiger partial charge in [0.15, 0.2) is 0 Å². The lowest BCUT2D eigenvalue weighted by molar-refractivity contribution is -0.138. The number of hydrogen-bond acceptors (Lipinski definition) is 2. The standard InChI is InChI=1S/C13H15BrF3NO2/c1-8(7-20-2)6-18-12(19)9-3-4-11(14)10(5-9)13(15,16)17/h3-5,8H,6-7H2,1-2H3,(H,18,19). The molecule has 0 aliphatic rings. The van der Waals surface area contributed by atoms with Gasteiger partial charge in [-0.15, -0.1) is 0 Å². The molecule has 0 aliphatic carbocycles. The van der Waals surface area contributed by atoms with E-state index in [1.54, 1.807) is 7.11 Å². The number of carbonyl (C=O) groups excluding carboxylic acids is 1. The number of halogens is 4. The first-order chi connectivity index (χ1) is 9.25. The van der Waals surface area contributed by atoms with Gasteiger partial charge in [-0.3, -0.25) is 4.79 Å². The summed E-state index contributed by atoms with van der Waals surface area (Å²) in [5.41, 5.74) is -0.889. The van der Waals surface area contributed by atoms with Crippen LogP contribution < -0.4 is 5.32 Å². The van der Waals surface area contributed by atoms with Gasteiger partial charge in [0.1, 0.15) is 0 Å². The lowest BCUT2D eigenvalue weighted by atomic mass is 10.1. The minimum absolute atomic E-state index is 0.0230. The van der Waals surface area contributed by atoms with Gasteiger partial charge in [0.05, 0.1) is 12.2 Å². The molecule has 1 aromatic carbocycles. The van der Waals surface area contributed by atoms with E-state index in [4.69, 9.17) is 4.74 Å². The van der Waals surface area contributed by atoms with Crippen molar-refractivity contribution in [1.82, 2.24) is 5.32 Å². The summed E-state index contributed by atoms with van der Waals surface area (Å²) in [7, 11) is 1.54. The Kier molecular flexibility index (Phi) is 6.01. The van der Waals surface area contributed by atoms with Crippen LogP contribution in [-0.4, -0.2) is 26.2 Å². The molecular formula is C13H15BrF3NO2. The van der Waals surface area contributed by atoms with E-state index in [1.807, 2.05) is 6.92 Å². The van der Waals surface area contributed by atoms with Crippen LogP contribution in [0.4, 0.5) is 13.2 Å². The highest BCUT2D eigenvalue weighted by molar-refractivity contribution is 9.10. The molecule has 1 N–H and O–H groups in total. The maximum atomic E-state index is 12.7. The van der Waals surface area contributed by atoms with E-state index in [9.17, 15) is 18.0 Å². The predicted octanol–water partition coefficient (Wildman–Crippen LogP) is 3.48. The van der Waals surface area contributed by atoms with Crippen molar-refractivity contribution in [3.8, 4) is 0 Å². The minimum Gasteiger partial charge on any atom is -0.384 e. The Balaban J connectivity index is 2.79. The van der Waals surface area contributed by atoms with Crippen molar-refractivity contribution in [3.63, 3.8) is 0 Å². The summed E-state index contributed by atoms with van der Waals surface area (Å²) in [5, 5.41) is 2.58. The summed E-state index contributed by atoms with van der Waals surface area (Å²) in [6.45, 7) is 2.67. The van der Waals surface area contributed by atoms with E-state index < -0.39 is 17.6 Å². The van der Waals surface area contributed by atoms with Crippen LogP contribution in [0.2, 0.25) is 0 Å². The van der Waals surface area contributed by atoms with Crippen molar-refractivity contribution in [2.45, 2.75) is 13.1 Å². The second-order valence-corrected chi connectivity index (χ2v) is 5.32. The molecule has 1 unspecified atom stereocenters. The molecule has 3 nitrogen and oxygen atoms in total. The van der Waals surface area contributed by atoms with Crippen molar-refractivity contribution in [2.24, 2.45) is 5.92 Å². The molecule has 0 saturated heterocycles. The third-order valence-electron chi connectivity index (χ3n) is 2.60. The quantitative estimate of drug-likeness (QED) is 0.879. The Labute approximate surface area is 123 Å². The Morgan fingerprint density at radius 3 is 2.65 bits per heavy atom. The van der Waals surface area contributed by atoms with Crippen LogP contribution in [-0.2, 0) is 10.9 Å². The monoisotopic (exact) mass is 353 g/mol. The summed E-state index contributed by atoms with van der Waals surface area (Å²) in [5.74, 6) is -0.451. The molecule has 0 saturated carbocycles. The number of benzene rings is 1. The number of rotatable bonds is 5. The van der Waals surface area contributed by atoms with Gasteiger partial charge in [-0.05, 0) is 24.1 Å². The molecule has 1 amide bonds. The van der Waals surface area contributed by atoms with E-state index in [2.05, 4.69) is 21.2 Å². The van der Waals surface area contributed by atoms with Crippen molar-refractivity contribution in [1.29, 1.82) is 0 Å². The molecule has 0 spiro atoms. The first-order valence-corrected chi connectivity index (χ1v) is 6.69. The van der Waals surface area contributed by atoms with Crippen molar-refractivity contribution in [2.75, 3.05) is 20.3 Å². The molecular weight excluding hydrogens is 339 g/mol. The molecule has 1 rings (SSSR count). The van der Waals surface area contributed by atoms with E-state index >= 15 is 0 Å². The number of carbonyl (C=O) groups is 1. The van der Waals surface area contributed by atoms with Crippen LogP contribution in [0.25, 0.3) is 0 Å². The van der Waals surface area contributed by atoms with Crippen LogP contribution in [0.5, 0.6) is 0 Å². The normalized spacial score (nSPS) is 13.1. The SMILES string of the molecule is COCC(C)CNC(=O)c1ccc(Br)c(C(F)(F)F)c1. The topological polar surface area (TPSA) is 38.3 Å². The molecule has 7 heteroatoms. The molecule has 1 aromatic rings. The zero-order valence-corrected chi connectivity index (χ0v) is 12.6. The van der Waals surface area contributed by atoms with E-state index in [0.29, 0.717) is 13.2 Å². The van der Waals surface area contributed by atoms with Crippen LogP contribution in [0, 0.1) is 5.92 Å². The van der Waals surface area contributed by atoms with Gasteiger partial charge >= 0.3 is 6.18 Å². The van der Waals surface area contributed by atoms with Crippen molar-refractivity contribution < 1.29 is 22.7 Å². The lowest BCUT2D eigenvalue weighted by Gasteiger charge is -2.13. The van der Waals surface area contributed by atoms with Crippen molar-refractivity contribution >= 4 is 21.8 Å². The van der Waals surface area contributed by atoms with Gasteiger partial charge in [-0.2, -0.15) is 13.2 Å². The summed E-state index contributed by atoms with van der Waals surface area (Å²) in [4.78, 5) is 11.8. The molecule has 0 bridgehead atoms. The number of nitrogens with one attached hydrogen (secondary N) is 1. The zero-order chi connectivity index (χ0) is 15.3. The zero-order valence-electron chi connectivity index (χ0n) is 11.1. The second-order valence-electron chi connectivity index (χ2n) is 4.46. The highest BCUT2D eigenvalue weighted by Crippen LogP contribution is 2.35. The number of methoxy groups -OCH3 is 1. The first kappa shape index (κ1) is 17.0. The Morgan fingerprint density at radius 2 is 2.10 bits per heavy atom. The number of alkyl halides is 3. The van der Waals surface area contributed by atoms with Gasteiger partial charge in [-0.1, -0.05) is 22.9 Å². The Bertz CT molecular complexity index is 477. The van der Waals surface area contributed by atoms with Crippen LogP contribution in [0.3, 0.4) is 0 Å². The van der Waals surface area contributed by atoms with E-state index in [-0.39, 0.29) is 16.0 Å². The summed E-state index contributed by atoms with van der Waals surface area (Å²) in [6, 6.07) is 3.40. The van der Waals surface area contributed by atoms with Gasteiger partial charge in [-0.25, -0.2) is 0 Å². The number of ether oxygens (including phenoxy) is 1. The van der Waals surface area contributed by atoms with Crippen LogP contribution in [0.15, 0.2) is 22.7 Å². The third kappa shape index (κ3) is 4.79. The van der Waals surface area contributed by atoms with Gasteiger partial charge in [0, 0.05) is 23.7 Å². The Hall–Kier alpha value is -1.08. The maximum absolute atomic E-state index is 12.7. The van der Waals surface area contributed by atoms with Crippen LogP contribution >= 0.6 is 15.9 Å². The number of hydrogen-bond donors (Lipinski definition) is 1. The molecule has 0 fully saturated rings. The summed E-state index contributed by atoms with van der Waals surface area (Å²) < 4.78 is 43.0. The Morgan fingerprint density at radius 1 is 1.45 bits per heavy atom. The minimum atomic E-state index is -4.50. The highest BCUT2D eigenvalue weighted by atomic mass is 79.9. The molecule has 20 heavy (non-hydrogen) atoms. The average Bonchev–Trinajstić information content (AvgIpc) is 2.35. The summed E-state index contributed by atoms with van der Waals surface area (Å²) in [6.07, 6.45) is -4.50. The maximum Gasteiger partial charge on any atom is 0.417 e. The van der Waals surface area contributed by atoms with Gasteiger partial charge < -0.3 is 10.1 Å². The molecule has 0 aromatic heterocycles. The van der Waals surface area contributed by atoms with Gasteiger partial charge in [0.25, 0.3) is 5.91 Å². The average molecular weight is 354 g/mol. The molecule has 1 atom stereocenters. The number of amides is 1. The second kappa shape index (κ2) is 7.08. The first-order valence-electron chi connectivity index (χ1n) is 5.89. The van der Waals surface area contributed by atoms with Gasteiger partial charge in [0.2, 0.25) is 0 Å².